The van der Waals surface area contributed by atoms with Gasteiger partial charge in [0.2, 0.25) is 15.9 Å². The molecule has 2 aliphatic heterocycles. The minimum atomic E-state index is -3.60. The molecule has 0 aromatic heterocycles. The molecule has 2 heterocycles. The molecule has 0 aliphatic carbocycles. The van der Waals surface area contributed by atoms with Crippen LogP contribution < -0.4 is 10.6 Å². The highest BCUT2D eigenvalue weighted by Crippen LogP contribution is 2.23. The molecule has 0 spiro atoms. The molecule has 1 fully saturated rings. The van der Waals surface area contributed by atoms with Crippen molar-refractivity contribution in [2.24, 2.45) is 0 Å². The third-order valence-corrected chi connectivity index (χ3v) is 5.51. The summed E-state index contributed by atoms with van der Waals surface area (Å²) in [5.74, 6) is -0.242. The molecule has 1 amide bonds. The second kappa shape index (κ2) is 5.16. The van der Waals surface area contributed by atoms with E-state index in [-0.39, 0.29) is 17.3 Å². The standard InChI is InChI=1S/C13H17N3O3S/c17-13-9-16(5-1-4-15-13)20(18,19)12-3-2-10-7-14-8-11(10)6-12/h2-3,6,14H,1,4-5,7-9H2,(H,15,17). The van der Waals surface area contributed by atoms with Crippen molar-refractivity contribution in [3.63, 3.8) is 0 Å². The summed E-state index contributed by atoms with van der Waals surface area (Å²) in [4.78, 5) is 11.8. The van der Waals surface area contributed by atoms with Crippen LogP contribution in [0.25, 0.3) is 0 Å². The molecule has 0 radical (unpaired) electrons. The van der Waals surface area contributed by atoms with Crippen molar-refractivity contribution in [1.29, 1.82) is 0 Å². The fraction of sp³-hybridized carbons (Fsp3) is 0.462. The number of sulfonamides is 1. The summed E-state index contributed by atoms with van der Waals surface area (Å²) >= 11 is 0. The Morgan fingerprint density at radius 3 is 2.80 bits per heavy atom. The molecule has 0 unspecified atom stereocenters. The Hall–Kier alpha value is -1.44. The van der Waals surface area contributed by atoms with Gasteiger partial charge in [-0.2, -0.15) is 4.31 Å². The average Bonchev–Trinajstić information content (AvgIpc) is 2.78. The summed E-state index contributed by atoms with van der Waals surface area (Å²) in [6.45, 7) is 2.27. The van der Waals surface area contributed by atoms with Crippen LogP contribution in [0.4, 0.5) is 0 Å². The van der Waals surface area contributed by atoms with Crippen LogP contribution in [-0.2, 0) is 27.9 Å². The smallest absolute Gasteiger partial charge is 0.243 e. The molecule has 1 aromatic rings. The topological polar surface area (TPSA) is 78.5 Å². The first-order valence-corrected chi connectivity index (χ1v) is 8.11. The van der Waals surface area contributed by atoms with Gasteiger partial charge in [0.15, 0.2) is 0 Å². The van der Waals surface area contributed by atoms with Crippen LogP contribution in [0, 0.1) is 0 Å². The third kappa shape index (κ3) is 2.44. The van der Waals surface area contributed by atoms with E-state index < -0.39 is 10.0 Å². The highest BCUT2D eigenvalue weighted by Gasteiger charge is 2.28. The molecule has 0 bridgehead atoms. The summed E-state index contributed by atoms with van der Waals surface area (Å²) in [5, 5.41) is 5.88. The summed E-state index contributed by atoms with van der Waals surface area (Å²) in [6.07, 6.45) is 0.636. The predicted molar refractivity (Wildman–Crippen MR) is 73.4 cm³/mol. The van der Waals surface area contributed by atoms with Crippen molar-refractivity contribution >= 4 is 15.9 Å². The zero-order valence-corrected chi connectivity index (χ0v) is 11.9. The number of fused-ring (bicyclic) bond motifs is 1. The second-order valence-electron chi connectivity index (χ2n) is 5.08. The Bertz CT molecular complexity index is 642. The number of carbonyl (C=O) groups excluding carboxylic acids is 1. The highest BCUT2D eigenvalue weighted by molar-refractivity contribution is 7.89. The molecule has 6 nitrogen and oxygen atoms in total. The van der Waals surface area contributed by atoms with Crippen molar-refractivity contribution < 1.29 is 13.2 Å². The molecular weight excluding hydrogens is 278 g/mol. The quantitative estimate of drug-likeness (QED) is 0.792. The largest absolute Gasteiger partial charge is 0.355 e. The first kappa shape index (κ1) is 13.5. The number of carbonyl (C=O) groups is 1. The van der Waals surface area contributed by atoms with Gasteiger partial charge in [0.25, 0.3) is 0 Å². The van der Waals surface area contributed by atoms with Gasteiger partial charge in [0, 0.05) is 26.2 Å². The first-order valence-electron chi connectivity index (χ1n) is 6.67. The van der Waals surface area contributed by atoms with Gasteiger partial charge in [-0.1, -0.05) is 6.07 Å². The predicted octanol–water partition coefficient (Wildman–Crippen LogP) is -0.200. The van der Waals surface area contributed by atoms with Gasteiger partial charge in [-0.3, -0.25) is 4.79 Å². The Morgan fingerprint density at radius 2 is 1.95 bits per heavy atom. The van der Waals surface area contributed by atoms with Crippen molar-refractivity contribution in [3.8, 4) is 0 Å². The van der Waals surface area contributed by atoms with E-state index in [4.69, 9.17) is 0 Å². The first-order chi connectivity index (χ1) is 9.57. The van der Waals surface area contributed by atoms with Crippen LogP contribution in [0.2, 0.25) is 0 Å². The number of rotatable bonds is 2. The fourth-order valence-corrected chi connectivity index (χ4v) is 4.05. The van der Waals surface area contributed by atoms with Crippen LogP contribution in [0.1, 0.15) is 17.5 Å². The number of hydrogen-bond acceptors (Lipinski definition) is 4. The number of benzene rings is 1. The third-order valence-electron chi connectivity index (χ3n) is 3.67. The van der Waals surface area contributed by atoms with Gasteiger partial charge in [-0.05, 0) is 29.7 Å². The number of amides is 1. The van der Waals surface area contributed by atoms with E-state index in [2.05, 4.69) is 10.6 Å². The van der Waals surface area contributed by atoms with Gasteiger partial charge >= 0.3 is 0 Å². The zero-order chi connectivity index (χ0) is 14.2. The summed E-state index contributed by atoms with van der Waals surface area (Å²) in [5.41, 5.74) is 2.16. The number of nitrogens with one attached hydrogen (secondary N) is 2. The Labute approximate surface area is 118 Å². The van der Waals surface area contributed by atoms with Gasteiger partial charge in [-0.25, -0.2) is 8.42 Å². The average molecular weight is 295 g/mol. The van der Waals surface area contributed by atoms with Crippen molar-refractivity contribution in [2.75, 3.05) is 19.6 Å². The van der Waals surface area contributed by atoms with Crippen molar-refractivity contribution in [1.82, 2.24) is 14.9 Å². The van der Waals surface area contributed by atoms with E-state index >= 15 is 0 Å². The van der Waals surface area contributed by atoms with Crippen molar-refractivity contribution in [2.45, 2.75) is 24.4 Å². The van der Waals surface area contributed by atoms with E-state index in [1.165, 1.54) is 4.31 Å². The molecule has 0 saturated carbocycles. The van der Waals surface area contributed by atoms with Gasteiger partial charge in [0.1, 0.15) is 0 Å². The summed E-state index contributed by atoms with van der Waals surface area (Å²) < 4.78 is 26.5. The minimum absolute atomic E-state index is 0.0995. The van der Waals surface area contributed by atoms with E-state index in [0.717, 1.165) is 17.7 Å². The minimum Gasteiger partial charge on any atom is -0.355 e. The highest BCUT2D eigenvalue weighted by atomic mass is 32.2. The van der Waals surface area contributed by atoms with Crippen molar-refractivity contribution in [3.05, 3.63) is 29.3 Å². The van der Waals surface area contributed by atoms with E-state index in [1.807, 2.05) is 6.07 Å². The monoisotopic (exact) mass is 295 g/mol. The molecule has 1 aromatic carbocycles. The molecule has 3 rings (SSSR count). The molecule has 2 N–H and O–H groups in total. The normalized spacial score (nSPS) is 20.3. The SMILES string of the molecule is O=C1CN(S(=O)(=O)c2ccc3c(c2)CNC3)CCCN1. The van der Waals surface area contributed by atoms with Crippen LogP contribution in [-0.4, -0.2) is 38.3 Å². The zero-order valence-electron chi connectivity index (χ0n) is 11.1. The molecule has 1 saturated heterocycles. The molecule has 108 valence electrons. The number of hydrogen-bond donors (Lipinski definition) is 2. The second-order valence-corrected chi connectivity index (χ2v) is 7.01. The Balaban J connectivity index is 1.92. The maximum Gasteiger partial charge on any atom is 0.243 e. The molecule has 20 heavy (non-hydrogen) atoms. The van der Waals surface area contributed by atoms with Crippen LogP contribution in [0.5, 0.6) is 0 Å². The van der Waals surface area contributed by atoms with Crippen LogP contribution in [0.3, 0.4) is 0 Å². The van der Waals surface area contributed by atoms with E-state index in [9.17, 15) is 13.2 Å². The molecule has 2 aliphatic rings. The maximum atomic E-state index is 12.6. The molecular formula is C13H17N3O3S. The Kier molecular flexibility index (Phi) is 3.49. The Morgan fingerprint density at radius 1 is 1.15 bits per heavy atom. The lowest BCUT2D eigenvalue weighted by Gasteiger charge is -2.19. The lowest BCUT2D eigenvalue weighted by molar-refractivity contribution is -0.120. The van der Waals surface area contributed by atoms with Gasteiger partial charge in [-0.15, -0.1) is 0 Å². The number of nitrogens with zero attached hydrogens (tertiary/aromatic N) is 1. The maximum absolute atomic E-state index is 12.6. The van der Waals surface area contributed by atoms with Gasteiger partial charge in [0.05, 0.1) is 11.4 Å². The van der Waals surface area contributed by atoms with E-state index in [1.54, 1.807) is 12.1 Å². The lowest BCUT2D eigenvalue weighted by Crippen LogP contribution is -2.37. The molecule has 0 atom stereocenters. The fourth-order valence-electron chi connectivity index (χ4n) is 2.56. The van der Waals surface area contributed by atoms with Crippen LogP contribution in [0.15, 0.2) is 23.1 Å². The lowest BCUT2D eigenvalue weighted by atomic mass is 10.1. The summed E-state index contributed by atoms with van der Waals surface area (Å²) in [6, 6.07) is 5.19. The van der Waals surface area contributed by atoms with Gasteiger partial charge < -0.3 is 10.6 Å². The van der Waals surface area contributed by atoms with E-state index in [0.29, 0.717) is 26.1 Å². The summed E-state index contributed by atoms with van der Waals surface area (Å²) in [7, 11) is -3.60. The van der Waals surface area contributed by atoms with Crippen LogP contribution >= 0.6 is 0 Å². The molecule has 7 heteroatoms.